The number of esters is 1. The molecule has 0 bridgehead atoms. The molecule has 4 rings (SSSR count). The minimum absolute atomic E-state index is 0.126. The maximum Gasteiger partial charge on any atom is 0.326 e. The van der Waals surface area contributed by atoms with Crippen LogP contribution in [0.15, 0.2) is 40.0 Å². The Bertz CT molecular complexity index is 952. The van der Waals surface area contributed by atoms with Crippen molar-refractivity contribution < 1.29 is 18.9 Å². The van der Waals surface area contributed by atoms with Gasteiger partial charge in [-0.3, -0.25) is 4.79 Å². The summed E-state index contributed by atoms with van der Waals surface area (Å²) in [7, 11) is 0. The van der Waals surface area contributed by atoms with Crippen molar-refractivity contribution in [1.29, 1.82) is 0 Å². The first kappa shape index (κ1) is 28.1. The zero-order valence-electron chi connectivity index (χ0n) is 22.5. The number of benzene rings is 1. The average Bonchev–Trinajstić information content (AvgIpc) is 3.33. The van der Waals surface area contributed by atoms with Gasteiger partial charge in [-0.1, -0.05) is 64.9 Å². The van der Waals surface area contributed by atoms with Gasteiger partial charge in [0, 0.05) is 6.61 Å². The Morgan fingerprint density at radius 3 is 2.67 bits per heavy atom. The molecule has 0 radical (unpaired) electrons. The zero-order chi connectivity index (χ0) is 26.0. The molecule has 0 aromatic heterocycles. The van der Waals surface area contributed by atoms with Gasteiger partial charge in [0.1, 0.15) is 12.1 Å². The lowest BCUT2D eigenvalue weighted by Crippen LogP contribution is -2.52. The van der Waals surface area contributed by atoms with Crippen LogP contribution in [0, 0.1) is 11.3 Å². The number of hydrogen-bond acceptors (Lipinski definition) is 5. The summed E-state index contributed by atoms with van der Waals surface area (Å²) in [6.45, 7) is 9.61. The van der Waals surface area contributed by atoms with Crippen LogP contribution in [0.5, 0.6) is 0 Å². The van der Waals surface area contributed by atoms with E-state index in [4.69, 9.17) is 19.9 Å². The first-order valence-corrected chi connectivity index (χ1v) is 14.8. The van der Waals surface area contributed by atoms with E-state index in [1.54, 1.807) is 0 Å². The third-order valence-electron chi connectivity index (χ3n) is 9.29. The molecule has 3 aliphatic rings. The average molecular weight is 607 g/mol. The van der Waals surface area contributed by atoms with E-state index in [-0.39, 0.29) is 42.0 Å². The number of ether oxygens (including phenoxy) is 2. The van der Waals surface area contributed by atoms with Crippen molar-refractivity contribution in [3.63, 3.8) is 0 Å². The van der Waals surface area contributed by atoms with Gasteiger partial charge in [0.05, 0.1) is 11.2 Å². The first-order valence-electron chi connectivity index (χ1n) is 13.6. The number of halogens is 1. The molecule has 3 fully saturated rings. The van der Waals surface area contributed by atoms with E-state index in [0.717, 1.165) is 63.1 Å². The fourth-order valence-electron chi connectivity index (χ4n) is 6.53. The minimum Gasteiger partial charge on any atom is -0.459 e. The second-order valence-corrected chi connectivity index (χ2v) is 13.1. The highest BCUT2D eigenvalue weighted by Crippen LogP contribution is 2.58. The third kappa shape index (κ3) is 6.05. The van der Waals surface area contributed by atoms with Gasteiger partial charge < -0.3 is 19.9 Å². The van der Waals surface area contributed by atoms with Gasteiger partial charge in [-0.15, -0.1) is 0 Å². The van der Waals surface area contributed by atoms with Crippen LogP contribution in [0.2, 0.25) is 12.6 Å². The van der Waals surface area contributed by atoms with Crippen molar-refractivity contribution in [2.75, 3.05) is 6.61 Å². The summed E-state index contributed by atoms with van der Waals surface area (Å²) in [4.78, 5) is 13.5. The molecule has 2 aliphatic carbocycles. The van der Waals surface area contributed by atoms with Crippen LogP contribution in [0.25, 0.3) is 0 Å². The summed E-state index contributed by atoms with van der Waals surface area (Å²) in [5.41, 5.74) is 8.05. The Labute approximate surface area is 231 Å². The molecule has 2 N–H and O–H groups in total. The van der Waals surface area contributed by atoms with Gasteiger partial charge in [-0.05, 0) is 99.8 Å². The lowest BCUT2D eigenvalue weighted by molar-refractivity contribution is -0.153. The maximum atomic E-state index is 13.5. The molecule has 36 heavy (non-hydrogen) atoms. The quantitative estimate of drug-likeness (QED) is 0.212. The van der Waals surface area contributed by atoms with E-state index in [0.29, 0.717) is 6.61 Å². The zero-order valence-corrected chi connectivity index (χ0v) is 24.6. The van der Waals surface area contributed by atoms with Crippen molar-refractivity contribution in [1.82, 2.24) is 0 Å². The molecule has 1 heterocycles. The molecule has 1 aromatic rings. The highest BCUT2D eigenvalue weighted by atomic mass is 127. The molecule has 1 saturated heterocycles. The standard InChI is InChI=1S/C29H43BINO4/c1-26(2)27(3,4)36-30(15-16-35-26)14-8-11-24-18-28(13-12-23(17-28)19-31)21-29(24,32)25(33)34-20-22-9-6-5-7-10-22/h5-7,9-10,19,24H,8,11-18,20-21,32H2,1-4H3/b23-19-. The van der Waals surface area contributed by atoms with Crippen LogP contribution >= 0.6 is 22.6 Å². The minimum atomic E-state index is -0.926. The Balaban J connectivity index is 1.42. The molecule has 5 nitrogen and oxygen atoms in total. The predicted molar refractivity (Wildman–Crippen MR) is 154 cm³/mol. The third-order valence-corrected chi connectivity index (χ3v) is 10.2. The summed E-state index contributed by atoms with van der Waals surface area (Å²) >= 11 is 2.35. The van der Waals surface area contributed by atoms with Crippen molar-refractivity contribution in [2.45, 2.75) is 109 Å². The first-order chi connectivity index (χ1) is 17.0. The van der Waals surface area contributed by atoms with E-state index in [1.165, 1.54) is 5.57 Å². The van der Waals surface area contributed by atoms with Gasteiger partial charge in [0.15, 0.2) is 0 Å². The highest BCUT2D eigenvalue weighted by molar-refractivity contribution is 14.1. The number of carbonyl (C=O) groups excluding carboxylic acids is 1. The number of allylic oxidation sites excluding steroid dienone is 1. The van der Waals surface area contributed by atoms with Gasteiger partial charge in [0.2, 0.25) is 0 Å². The molecular weight excluding hydrogens is 564 g/mol. The maximum absolute atomic E-state index is 13.5. The van der Waals surface area contributed by atoms with Crippen LogP contribution < -0.4 is 5.73 Å². The highest BCUT2D eigenvalue weighted by Gasteiger charge is 2.58. The Morgan fingerprint density at radius 2 is 1.97 bits per heavy atom. The van der Waals surface area contributed by atoms with E-state index in [2.05, 4.69) is 54.4 Å². The molecule has 1 aliphatic heterocycles. The summed E-state index contributed by atoms with van der Waals surface area (Å²) in [6.07, 6.45) is 8.80. The molecule has 1 spiro atoms. The van der Waals surface area contributed by atoms with Gasteiger partial charge in [0.25, 0.3) is 6.92 Å². The fraction of sp³-hybridized carbons (Fsp3) is 0.690. The second kappa shape index (κ2) is 11.1. The lowest BCUT2D eigenvalue weighted by atomic mass is 9.59. The topological polar surface area (TPSA) is 70.8 Å². The largest absolute Gasteiger partial charge is 0.459 e. The van der Waals surface area contributed by atoms with E-state index in [9.17, 15) is 4.79 Å². The summed E-state index contributed by atoms with van der Waals surface area (Å²) in [5.74, 6) is -0.108. The predicted octanol–water partition coefficient (Wildman–Crippen LogP) is 6.70. The fourth-order valence-corrected chi connectivity index (χ4v) is 7.06. The van der Waals surface area contributed by atoms with Crippen LogP contribution in [0.4, 0.5) is 0 Å². The summed E-state index contributed by atoms with van der Waals surface area (Å²) in [5, 5.41) is 0. The van der Waals surface area contributed by atoms with Gasteiger partial charge in [-0.2, -0.15) is 0 Å². The molecule has 2 saturated carbocycles. The SMILES string of the molecule is CC1(C)OCCB(CCCC2CC3(CC/C(=C/I)C3)CC2(N)C(=O)OCc2ccccc2)OC1(C)C. The normalized spacial score (nSPS) is 32.7. The Morgan fingerprint density at radius 1 is 1.22 bits per heavy atom. The number of rotatable bonds is 7. The summed E-state index contributed by atoms with van der Waals surface area (Å²) in [6, 6.07) is 9.87. The number of carbonyl (C=O) groups is 1. The molecular formula is C29H43BINO4. The van der Waals surface area contributed by atoms with E-state index in [1.807, 2.05) is 30.3 Å². The van der Waals surface area contributed by atoms with E-state index >= 15 is 0 Å². The lowest BCUT2D eigenvalue weighted by Gasteiger charge is -2.40. The van der Waals surface area contributed by atoms with E-state index < -0.39 is 5.54 Å². The Kier molecular flexibility index (Phi) is 8.65. The van der Waals surface area contributed by atoms with Crippen LogP contribution in [-0.4, -0.2) is 36.2 Å². The van der Waals surface area contributed by atoms with Crippen molar-refractivity contribution >= 4 is 35.5 Å². The van der Waals surface area contributed by atoms with Crippen molar-refractivity contribution in [3.05, 3.63) is 45.6 Å². The van der Waals surface area contributed by atoms with Crippen molar-refractivity contribution in [3.8, 4) is 0 Å². The molecule has 3 atom stereocenters. The van der Waals surface area contributed by atoms with Crippen LogP contribution in [0.3, 0.4) is 0 Å². The molecule has 1 aromatic carbocycles. The molecule has 0 amide bonds. The molecule has 198 valence electrons. The summed E-state index contributed by atoms with van der Waals surface area (Å²) < 4.78 is 20.7. The molecule has 7 heteroatoms. The van der Waals surface area contributed by atoms with Crippen LogP contribution in [-0.2, 0) is 25.5 Å². The number of nitrogens with two attached hydrogens (primary N) is 1. The molecule has 3 unspecified atom stereocenters. The van der Waals surface area contributed by atoms with Crippen LogP contribution in [0.1, 0.15) is 78.2 Å². The Hall–Kier alpha value is -0.895. The monoisotopic (exact) mass is 607 g/mol. The number of hydrogen-bond donors (Lipinski definition) is 1. The van der Waals surface area contributed by atoms with Gasteiger partial charge >= 0.3 is 5.97 Å². The van der Waals surface area contributed by atoms with Gasteiger partial charge in [-0.25, -0.2) is 0 Å². The smallest absolute Gasteiger partial charge is 0.326 e. The van der Waals surface area contributed by atoms with Crippen molar-refractivity contribution in [2.24, 2.45) is 17.1 Å². The second-order valence-electron chi connectivity index (χ2n) is 12.5.